The van der Waals surface area contributed by atoms with Gasteiger partial charge in [0.05, 0.1) is 6.54 Å². The van der Waals surface area contributed by atoms with Gasteiger partial charge in [-0.05, 0) is 12.1 Å². The summed E-state index contributed by atoms with van der Waals surface area (Å²) >= 11 is 0. The van der Waals surface area contributed by atoms with Crippen molar-refractivity contribution >= 4 is 5.69 Å². The van der Waals surface area contributed by atoms with Crippen LogP contribution in [0.4, 0.5) is 5.69 Å². The number of benzene rings is 1. The largest absolute Gasteiger partial charge is 0.424 e. The zero-order valence-electron chi connectivity index (χ0n) is 8.84. The van der Waals surface area contributed by atoms with E-state index in [-0.39, 0.29) is 0 Å². The van der Waals surface area contributed by atoms with Crippen LogP contribution in [0.15, 0.2) is 34.7 Å². The van der Waals surface area contributed by atoms with Crippen molar-refractivity contribution < 1.29 is 4.42 Å². The first-order valence-corrected chi connectivity index (χ1v) is 4.81. The molecule has 0 fully saturated rings. The Kier molecular flexibility index (Phi) is 2.67. The molecule has 4 nitrogen and oxygen atoms in total. The molecule has 0 saturated carbocycles. The van der Waals surface area contributed by atoms with Crippen molar-refractivity contribution in [3.05, 3.63) is 42.1 Å². The molecule has 0 atom stereocenters. The third kappa shape index (κ3) is 2.34. The summed E-state index contributed by atoms with van der Waals surface area (Å²) in [6.45, 7) is 2.42. The highest BCUT2D eigenvalue weighted by Gasteiger charge is 2.06. The second-order valence-electron chi connectivity index (χ2n) is 3.41. The van der Waals surface area contributed by atoms with E-state index in [1.165, 1.54) is 0 Å². The summed E-state index contributed by atoms with van der Waals surface area (Å²) in [5.41, 5.74) is 1.13. The molecule has 15 heavy (non-hydrogen) atoms. The molecule has 0 aliphatic heterocycles. The number of aromatic nitrogens is 2. The average molecular weight is 203 g/mol. The molecule has 4 heteroatoms. The highest BCUT2D eigenvalue weighted by molar-refractivity contribution is 5.44. The topological polar surface area (TPSA) is 42.2 Å². The smallest absolute Gasteiger partial charge is 0.235 e. The minimum atomic E-state index is 0.603. The van der Waals surface area contributed by atoms with E-state index in [0.29, 0.717) is 18.3 Å². The van der Waals surface area contributed by atoms with E-state index >= 15 is 0 Å². The second kappa shape index (κ2) is 4.13. The Hall–Kier alpha value is -1.84. The lowest BCUT2D eigenvalue weighted by Gasteiger charge is -2.16. The average Bonchev–Trinajstić information content (AvgIpc) is 2.65. The molecule has 0 amide bonds. The van der Waals surface area contributed by atoms with Gasteiger partial charge in [-0.25, -0.2) is 0 Å². The fraction of sp³-hybridized carbons (Fsp3) is 0.273. The van der Waals surface area contributed by atoms with Gasteiger partial charge in [-0.15, -0.1) is 10.2 Å². The van der Waals surface area contributed by atoms with E-state index in [1.807, 2.05) is 37.4 Å². The molecule has 78 valence electrons. The quantitative estimate of drug-likeness (QED) is 0.765. The molecule has 2 rings (SSSR count). The minimum Gasteiger partial charge on any atom is -0.424 e. The summed E-state index contributed by atoms with van der Waals surface area (Å²) in [5, 5.41) is 7.74. The van der Waals surface area contributed by atoms with Crippen LogP contribution in [0.5, 0.6) is 0 Å². The first-order valence-electron chi connectivity index (χ1n) is 4.81. The first kappa shape index (κ1) is 9.71. The van der Waals surface area contributed by atoms with E-state index in [0.717, 1.165) is 5.69 Å². The van der Waals surface area contributed by atoms with Crippen LogP contribution in [0.25, 0.3) is 0 Å². The van der Waals surface area contributed by atoms with Gasteiger partial charge in [-0.2, -0.15) is 0 Å². The van der Waals surface area contributed by atoms with E-state index in [2.05, 4.69) is 15.1 Å². The predicted molar refractivity (Wildman–Crippen MR) is 57.6 cm³/mol. The summed E-state index contributed by atoms with van der Waals surface area (Å²) in [5.74, 6) is 1.24. The highest BCUT2D eigenvalue weighted by atomic mass is 16.4. The number of hydrogen-bond acceptors (Lipinski definition) is 4. The van der Waals surface area contributed by atoms with Gasteiger partial charge in [0.2, 0.25) is 11.8 Å². The van der Waals surface area contributed by atoms with Crippen LogP contribution in [-0.2, 0) is 6.54 Å². The number of nitrogens with zero attached hydrogens (tertiary/aromatic N) is 3. The van der Waals surface area contributed by atoms with E-state index in [1.54, 1.807) is 6.92 Å². The number of rotatable bonds is 3. The normalized spacial score (nSPS) is 10.3. The van der Waals surface area contributed by atoms with Crippen molar-refractivity contribution in [3.8, 4) is 0 Å². The van der Waals surface area contributed by atoms with Gasteiger partial charge in [0.15, 0.2) is 0 Å². The third-order valence-electron chi connectivity index (χ3n) is 2.14. The zero-order chi connectivity index (χ0) is 10.7. The lowest BCUT2D eigenvalue weighted by atomic mass is 10.3. The molecule has 0 saturated heterocycles. The summed E-state index contributed by atoms with van der Waals surface area (Å²) < 4.78 is 5.31. The molecule has 0 N–H and O–H groups in total. The standard InChI is InChI=1S/C11H13N3O/c1-9-12-13-11(15-9)8-14(2)10-6-4-3-5-7-10/h3-7H,8H2,1-2H3. The van der Waals surface area contributed by atoms with Gasteiger partial charge in [0.25, 0.3) is 0 Å². The van der Waals surface area contributed by atoms with Crippen LogP contribution in [0, 0.1) is 6.92 Å². The molecule has 1 aromatic carbocycles. The molecule has 1 aromatic heterocycles. The van der Waals surface area contributed by atoms with Crippen molar-refractivity contribution in [2.45, 2.75) is 13.5 Å². The fourth-order valence-corrected chi connectivity index (χ4v) is 1.38. The Morgan fingerprint density at radius 1 is 1.20 bits per heavy atom. The maximum Gasteiger partial charge on any atom is 0.235 e. The van der Waals surface area contributed by atoms with Crippen LogP contribution >= 0.6 is 0 Å². The molecule has 0 unspecified atom stereocenters. The molecule has 1 heterocycles. The van der Waals surface area contributed by atoms with Gasteiger partial charge in [-0.1, -0.05) is 18.2 Å². The Labute approximate surface area is 88.5 Å². The van der Waals surface area contributed by atoms with Gasteiger partial charge < -0.3 is 9.32 Å². The Morgan fingerprint density at radius 2 is 1.93 bits per heavy atom. The number of aryl methyl sites for hydroxylation is 1. The summed E-state index contributed by atoms with van der Waals surface area (Å²) in [6, 6.07) is 10.1. The van der Waals surface area contributed by atoms with Gasteiger partial charge >= 0.3 is 0 Å². The maximum absolute atomic E-state index is 5.31. The van der Waals surface area contributed by atoms with E-state index in [9.17, 15) is 0 Å². The van der Waals surface area contributed by atoms with E-state index < -0.39 is 0 Å². The van der Waals surface area contributed by atoms with Crippen LogP contribution in [-0.4, -0.2) is 17.2 Å². The lowest BCUT2D eigenvalue weighted by Crippen LogP contribution is -2.16. The van der Waals surface area contributed by atoms with Crippen molar-refractivity contribution in [1.29, 1.82) is 0 Å². The molecule has 0 radical (unpaired) electrons. The predicted octanol–water partition coefficient (Wildman–Crippen LogP) is 2.01. The number of anilines is 1. The molecule has 0 bridgehead atoms. The summed E-state index contributed by atoms with van der Waals surface area (Å²) in [4.78, 5) is 2.06. The monoisotopic (exact) mass is 203 g/mol. The SMILES string of the molecule is Cc1nnc(CN(C)c2ccccc2)o1. The van der Waals surface area contributed by atoms with Gasteiger partial charge in [0.1, 0.15) is 0 Å². The van der Waals surface area contributed by atoms with Crippen LogP contribution < -0.4 is 4.90 Å². The van der Waals surface area contributed by atoms with Crippen LogP contribution in [0.2, 0.25) is 0 Å². The Bertz CT molecular complexity index is 424. The van der Waals surface area contributed by atoms with Crippen molar-refractivity contribution in [2.75, 3.05) is 11.9 Å². The molecule has 2 aromatic rings. The van der Waals surface area contributed by atoms with E-state index in [4.69, 9.17) is 4.42 Å². The highest BCUT2D eigenvalue weighted by Crippen LogP contribution is 2.13. The molecule has 0 aliphatic rings. The van der Waals surface area contributed by atoms with Crippen molar-refractivity contribution in [1.82, 2.24) is 10.2 Å². The van der Waals surface area contributed by atoms with Gasteiger partial charge in [0, 0.05) is 19.7 Å². The molecule has 0 aliphatic carbocycles. The second-order valence-corrected chi connectivity index (χ2v) is 3.41. The maximum atomic E-state index is 5.31. The molecular formula is C11H13N3O. The third-order valence-corrected chi connectivity index (χ3v) is 2.14. The van der Waals surface area contributed by atoms with Crippen LogP contribution in [0.3, 0.4) is 0 Å². The minimum absolute atomic E-state index is 0.603. The number of hydrogen-bond donors (Lipinski definition) is 0. The molecular weight excluding hydrogens is 190 g/mol. The molecule has 0 spiro atoms. The summed E-state index contributed by atoms with van der Waals surface area (Å²) in [7, 11) is 1.99. The van der Waals surface area contributed by atoms with Crippen molar-refractivity contribution in [3.63, 3.8) is 0 Å². The zero-order valence-corrected chi connectivity index (χ0v) is 8.84. The Morgan fingerprint density at radius 3 is 2.53 bits per heavy atom. The first-order chi connectivity index (χ1) is 7.25. The number of para-hydroxylation sites is 1. The fourth-order valence-electron chi connectivity index (χ4n) is 1.38. The van der Waals surface area contributed by atoms with Crippen molar-refractivity contribution in [2.24, 2.45) is 0 Å². The lowest BCUT2D eigenvalue weighted by molar-refractivity contribution is 0.466. The van der Waals surface area contributed by atoms with Gasteiger partial charge in [-0.3, -0.25) is 0 Å². The van der Waals surface area contributed by atoms with Crippen LogP contribution in [0.1, 0.15) is 11.8 Å². The Balaban J connectivity index is 2.07. The summed E-state index contributed by atoms with van der Waals surface area (Å²) in [6.07, 6.45) is 0.